The summed E-state index contributed by atoms with van der Waals surface area (Å²) in [5.41, 5.74) is 5.45. The molecule has 1 aliphatic heterocycles. The lowest BCUT2D eigenvalue weighted by atomic mass is 9.38. The second-order valence-corrected chi connectivity index (χ2v) is 11.7. The predicted molar refractivity (Wildman–Crippen MR) is 146 cm³/mol. The smallest absolute Gasteiger partial charge is 0.335 e. The number of rotatable bonds is 8. The molecular formula is C30H32N2O5S. The third-order valence-electron chi connectivity index (χ3n) is 9.03. The Bertz CT molecular complexity index is 1420. The number of thiazole rings is 1. The lowest BCUT2D eigenvalue weighted by molar-refractivity contribution is -0.198. The Labute approximate surface area is 226 Å². The molecule has 4 unspecified atom stereocenters. The summed E-state index contributed by atoms with van der Waals surface area (Å²) in [6.07, 6.45) is 3.04. The zero-order valence-corrected chi connectivity index (χ0v) is 22.7. The highest BCUT2D eigenvalue weighted by Gasteiger charge is 2.72. The largest absolute Gasteiger partial charge is 0.488 e. The van der Waals surface area contributed by atoms with Gasteiger partial charge in [-0.25, -0.2) is 9.78 Å². The average Bonchev–Trinajstić information content (AvgIpc) is 3.55. The molecule has 1 N–H and O–H groups in total. The number of hydrogen-bond acceptors (Lipinski definition) is 7. The van der Waals surface area contributed by atoms with Gasteiger partial charge in [-0.15, -0.1) is 11.3 Å². The number of hydrogen-bond donors (Lipinski definition) is 1. The van der Waals surface area contributed by atoms with E-state index >= 15 is 0 Å². The monoisotopic (exact) mass is 532 g/mol. The fourth-order valence-corrected chi connectivity index (χ4v) is 7.80. The van der Waals surface area contributed by atoms with Gasteiger partial charge in [-0.05, 0) is 78.8 Å². The number of carbonyl (C=O) groups is 2. The number of carbonyl (C=O) groups excluding carboxylic acids is 1. The normalized spacial score (nSPS) is 25.1. The van der Waals surface area contributed by atoms with E-state index in [2.05, 4.69) is 23.3 Å². The molecule has 0 amide bonds. The van der Waals surface area contributed by atoms with Crippen molar-refractivity contribution in [3.8, 4) is 17.0 Å². The van der Waals surface area contributed by atoms with Crippen molar-refractivity contribution in [3.63, 3.8) is 0 Å². The fourth-order valence-electron chi connectivity index (χ4n) is 6.96. The molecule has 0 radical (unpaired) electrons. The lowest BCUT2D eigenvalue weighted by Gasteiger charge is -2.64. The topological polar surface area (TPSA) is 89.0 Å². The molecule has 6 rings (SSSR count). The standard InChI is InChI=1S/C30H32N2O5S/c1-4-18-12-19(27(33)34)6-7-20(18)14-37-25-8-5-17(2)11-21(25)24-15-38-29(31-24)32-13-23-26(28(35)36-3)22-9-10-30(22,23)16-32/h5-8,11-12,15,22-23,26H,4,9-10,13-14,16H2,1-3H3,(H,33,34). The summed E-state index contributed by atoms with van der Waals surface area (Å²) in [6, 6.07) is 11.3. The minimum absolute atomic E-state index is 0.0348. The maximum absolute atomic E-state index is 12.4. The molecule has 2 aliphatic carbocycles. The number of benzene rings is 2. The Morgan fingerprint density at radius 3 is 2.74 bits per heavy atom. The molecule has 3 aliphatic rings. The van der Waals surface area contributed by atoms with Crippen LogP contribution in [0.4, 0.5) is 5.13 Å². The number of methoxy groups -OCH3 is 1. The first-order valence-electron chi connectivity index (χ1n) is 13.2. The van der Waals surface area contributed by atoms with Crippen LogP contribution in [0.15, 0.2) is 41.8 Å². The summed E-state index contributed by atoms with van der Waals surface area (Å²) in [6.45, 7) is 6.24. The van der Waals surface area contributed by atoms with E-state index in [-0.39, 0.29) is 22.9 Å². The van der Waals surface area contributed by atoms with Gasteiger partial charge < -0.3 is 19.5 Å². The van der Waals surface area contributed by atoms with E-state index in [1.165, 1.54) is 13.5 Å². The number of anilines is 1. The molecule has 1 aromatic heterocycles. The maximum Gasteiger partial charge on any atom is 0.335 e. The molecule has 38 heavy (non-hydrogen) atoms. The van der Waals surface area contributed by atoms with E-state index in [0.717, 1.165) is 64.8 Å². The minimum atomic E-state index is -0.924. The van der Waals surface area contributed by atoms with Crippen molar-refractivity contribution in [2.75, 3.05) is 25.1 Å². The fraction of sp³-hybridized carbons (Fsp3) is 0.433. The number of aromatic nitrogens is 1. The van der Waals surface area contributed by atoms with Crippen LogP contribution >= 0.6 is 11.3 Å². The highest BCUT2D eigenvalue weighted by atomic mass is 32.1. The molecule has 1 saturated heterocycles. The molecule has 8 heteroatoms. The highest BCUT2D eigenvalue weighted by molar-refractivity contribution is 7.14. The van der Waals surface area contributed by atoms with Crippen molar-refractivity contribution in [1.29, 1.82) is 0 Å². The molecule has 2 saturated carbocycles. The molecule has 0 bridgehead atoms. The van der Waals surface area contributed by atoms with Crippen molar-refractivity contribution in [2.45, 2.75) is 39.7 Å². The van der Waals surface area contributed by atoms with E-state index < -0.39 is 5.97 Å². The first-order valence-corrected chi connectivity index (χ1v) is 14.1. The predicted octanol–water partition coefficient (Wildman–Crippen LogP) is 5.59. The molecular weight excluding hydrogens is 500 g/mol. The second kappa shape index (κ2) is 9.42. The van der Waals surface area contributed by atoms with Crippen LogP contribution in [0.25, 0.3) is 11.3 Å². The number of carboxylic acid groups (broad SMARTS) is 1. The molecule has 1 spiro atoms. The van der Waals surface area contributed by atoms with Gasteiger partial charge in [-0.2, -0.15) is 0 Å². The Morgan fingerprint density at radius 1 is 1.18 bits per heavy atom. The molecule has 3 aromatic rings. The molecule has 2 heterocycles. The number of carboxylic acids is 1. The van der Waals surface area contributed by atoms with Gasteiger partial charge in [0.05, 0.1) is 24.3 Å². The van der Waals surface area contributed by atoms with Gasteiger partial charge in [0.15, 0.2) is 5.13 Å². The van der Waals surface area contributed by atoms with E-state index in [1.54, 1.807) is 23.5 Å². The van der Waals surface area contributed by atoms with Crippen molar-refractivity contribution in [1.82, 2.24) is 4.98 Å². The molecule has 3 fully saturated rings. The van der Waals surface area contributed by atoms with Gasteiger partial charge in [-0.3, -0.25) is 4.79 Å². The first-order chi connectivity index (χ1) is 18.3. The molecule has 7 nitrogen and oxygen atoms in total. The average molecular weight is 533 g/mol. The summed E-state index contributed by atoms with van der Waals surface area (Å²) in [7, 11) is 1.50. The SMILES string of the molecule is CCc1cc(C(=O)O)ccc1COc1ccc(C)cc1-c1csc(N2CC3C(C(=O)OC)C4CCC43C2)n1. The van der Waals surface area contributed by atoms with Crippen LogP contribution in [0.2, 0.25) is 0 Å². The van der Waals surface area contributed by atoms with Crippen molar-refractivity contribution in [2.24, 2.45) is 23.2 Å². The van der Waals surface area contributed by atoms with Gasteiger partial charge >= 0.3 is 11.9 Å². The quantitative estimate of drug-likeness (QED) is 0.378. The number of nitrogens with zero attached hydrogens (tertiary/aromatic N) is 2. The van der Waals surface area contributed by atoms with Crippen LogP contribution in [0, 0.1) is 30.1 Å². The maximum atomic E-state index is 12.4. The number of aryl methyl sites for hydroxylation is 2. The van der Waals surface area contributed by atoms with Gasteiger partial charge in [0.25, 0.3) is 0 Å². The Balaban J connectivity index is 1.21. The zero-order chi connectivity index (χ0) is 26.6. The second-order valence-electron chi connectivity index (χ2n) is 10.9. The van der Waals surface area contributed by atoms with Gasteiger partial charge in [-0.1, -0.05) is 24.6 Å². The van der Waals surface area contributed by atoms with Crippen LogP contribution in [-0.4, -0.2) is 42.2 Å². The van der Waals surface area contributed by atoms with Gasteiger partial charge in [0.1, 0.15) is 12.4 Å². The van der Waals surface area contributed by atoms with E-state index in [0.29, 0.717) is 18.4 Å². The van der Waals surface area contributed by atoms with Gasteiger partial charge in [0.2, 0.25) is 0 Å². The Morgan fingerprint density at radius 2 is 2.03 bits per heavy atom. The van der Waals surface area contributed by atoms with E-state index in [4.69, 9.17) is 14.5 Å². The van der Waals surface area contributed by atoms with E-state index in [9.17, 15) is 14.7 Å². The Kier molecular flexibility index (Phi) is 6.17. The van der Waals surface area contributed by atoms with Gasteiger partial charge in [0, 0.05) is 24.0 Å². The summed E-state index contributed by atoms with van der Waals surface area (Å²) in [5, 5.41) is 12.4. The van der Waals surface area contributed by atoms with E-state index in [1.807, 2.05) is 25.1 Å². The van der Waals surface area contributed by atoms with Crippen LogP contribution in [0.3, 0.4) is 0 Å². The lowest BCUT2D eigenvalue weighted by Crippen LogP contribution is -2.65. The van der Waals surface area contributed by atoms with Crippen LogP contribution in [0.1, 0.15) is 46.8 Å². The number of ether oxygens (including phenoxy) is 2. The van der Waals surface area contributed by atoms with Crippen LogP contribution in [0.5, 0.6) is 5.75 Å². The summed E-state index contributed by atoms with van der Waals surface area (Å²) < 4.78 is 11.4. The van der Waals surface area contributed by atoms with Crippen molar-refractivity contribution >= 4 is 28.4 Å². The summed E-state index contributed by atoms with van der Waals surface area (Å²) in [4.78, 5) is 31.1. The third kappa shape index (κ3) is 3.88. The highest BCUT2D eigenvalue weighted by Crippen LogP contribution is 2.71. The first kappa shape index (κ1) is 24.9. The molecule has 2 aromatic carbocycles. The molecule has 4 atom stereocenters. The zero-order valence-electron chi connectivity index (χ0n) is 21.9. The summed E-state index contributed by atoms with van der Waals surface area (Å²) >= 11 is 1.64. The van der Waals surface area contributed by atoms with Crippen LogP contribution < -0.4 is 9.64 Å². The third-order valence-corrected chi connectivity index (χ3v) is 9.93. The van der Waals surface area contributed by atoms with Crippen molar-refractivity contribution < 1.29 is 24.2 Å². The minimum Gasteiger partial charge on any atom is -0.488 e. The molecule has 198 valence electrons. The van der Waals surface area contributed by atoms with Crippen LogP contribution in [-0.2, 0) is 22.6 Å². The Hall–Kier alpha value is -3.39. The van der Waals surface area contributed by atoms with Crippen molar-refractivity contribution in [3.05, 3.63) is 64.0 Å². The number of aromatic carboxylic acids is 1. The summed E-state index contributed by atoms with van der Waals surface area (Å²) in [5.74, 6) is 0.626. The number of esters is 1.